The minimum atomic E-state index is -0.523. The highest BCUT2D eigenvalue weighted by Gasteiger charge is 2.04. The van der Waals surface area contributed by atoms with E-state index in [0.29, 0.717) is 13.0 Å². The van der Waals surface area contributed by atoms with Gasteiger partial charge in [-0.3, -0.25) is 9.78 Å². The van der Waals surface area contributed by atoms with Crippen LogP contribution in [-0.4, -0.2) is 21.9 Å². The van der Waals surface area contributed by atoms with Crippen molar-refractivity contribution in [3.8, 4) is 5.75 Å². The number of ether oxygens (including phenoxy) is 1. The van der Waals surface area contributed by atoms with E-state index in [4.69, 9.17) is 4.74 Å². The molecule has 7 heteroatoms. The lowest BCUT2D eigenvalue weighted by atomic mass is 10.1. The fourth-order valence-corrected chi connectivity index (χ4v) is 1.88. The number of aromatic nitrogens is 3. The lowest BCUT2D eigenvalue weighted by Gasteiger charge is -2.05. The van der Waals surface area contributed by atoms with Crippen LogP contribution >= 0.6 is 15.9 Å². The van der Waals surface area contributed by atoms with E-state index in [2.05, 4.69) is 26.0 Å². The minimum absolute atomic E-state index is 0.0989. The molecule has 1 aromatic heterocycles. The van der Waals surface area contributed by atoms with Gasteiger partial charge in [-0.25, -0.2) is 9.48 Å². The molecule has 0 aliphatic heterocycles. The fraction of sp³-hybridized carbons (Fsp3) is 0.250. The van der Waals surface area contributed by atoms with Crippen LogP contribution in [0.2, 0.25) is 0 Å². The van der Waals surface area contributed by atoms with Crippen molar-refractivity contribution in [3.05, 3.63) is 55.3 Å². The van der Waals surface area contributed by atoms with E-state index >= 15 is 0 Å². The van der Waals surface area contributed by atoms with Crippen LogP contribution in [0.15, 0.2) is 38.5 Å². The molecule has 0 unspecified atom stereocenters. The van der Waals surface area contributed by atoms with Gasteiger partial charge < -0.3 is 4.74 Å². The van der Waals surface area contributed by atoms with Crippen molar-refractivity contribution >= 4 is 15.9 Å². The molecule has 0 bridgehead atoms. The van der Waals surface area contributed by atoms with Crippen LogP contribution in [0.25, 0.3) is 0 Å². The van der Waals surface area contributed by atoms with Gasteiger partial charge in [-0.2, -0.15) is 5.10 Å². The number of rotatable bonds is 4. The summed E-state index contributed by atoms with van der Waals surface area (Å²) in [6.45, 7) is 0.389. The highest BCUT2D eigenvalue weighted by molar-refractivity contribution is 9.10. The molecule has 100 valence electrons. The molecule has 1 aromatic carbocycles. The number of aryl methyl sites for hydroxylation is 2. The second-order valence-corrected chi connectivity index (χ2v) is 4.62. The van der Waals surface area contributed by atoms with Crippen LogP contribution in [0.3, 0.4) is 0 Å². The van der Waals surface area contributed by atoms with Crippen LogP contribution in [0.1, 0.15) is 5.56 Å². The van der Waals surface area contributed by atoms with E-state index in [1.54, 1.807) is 7.11 Å². The Labute approximate surface area is 117 Å². The van der Waals surface area contributed by atoms with Gasteiger partial charge in [0.05, 0.1) is 13.7 Å². The van der Waals surface area contributed by atoms with E-state index in [9.17, 15) is 9.59 Å². The normalized spacial score (nSPS) is 10.4. The van der Waals surface area contributed by atoms with Crippen molar-refractivity contribution in [2.75, 3.05) is 7.11 Å². The summed E-state index contributed by atoms with van der Waals surface area (Å²) in [5, 5.41) is 3.87. The van der Waals surface area contributed by atoms with Crippen LogP contribution in [0.5, 0.6) is 5.75 Å². The van der Waals surface area contributed by atoms with E-state index < -0.39 is 11.2 Å². The average Bonchev–Trinajstić information content (AvgIpc) is 2.42. The summed E-state index contributed by atoms with van der Waals surface area (Å²) < 4.78 is 6.38. The molecule has 0 amide bonds. The number of hydrogen-bond donors (Lipinski definition) is 1. The molecule has 0 atom stereocenters. The van der Waals surface area contributed by atoms with Crippen LogP contribution in [0.4, 0.5) is 0 Å². The number of hydrogen-bond acceptors (Lipinski definition) is 4. The largest absolute Gasteiger partial charge is 0.497 e. The predicted octanol–water partition coefficient (Wildman–Crippen LogP) is 0.945. The second-order valence-electron chi connectivity index (χ2n) is 3.87. The maximum absolute atomic E-state index is 11.5. The molecule has 0 saturated carbocycles. The zero-order valence-electron chi connectivity index (χ0n) is 10.2. The SMILES string of the molecule is COc1ccc(CCn2nc(Br)c(=O)[nH]c2=O)cc1. The molecule has 0 aliphatic carbocycles. The Morgan fingerprint density at radius 3 is 2.63 bits per heavy atom. The van der Waals surface area contributed by atoms with Crippen molar-refractivity contribution in [2.45, 2.75) is 13.0 Å². The summed E-state index contributed by atoms with van der Waals surface area (Å²) in [6, 6.07) is 7.55. The smallest absolute Gasteiger partial charge is 0.344 e. The third kappa shape index (κ3) is 3.31. The molecule has 0 saturated heterocycles. The summed E-state index contributed by atoms with van der Waals surface area (Å²) in [7, 11) is 1.61. The van der Waals surface area contributed by atoms with Crippen molar-refractivity contribution < 1.29 is 4.74 Å². The standard InChI is InChI=1S/C12H12BrN3O3/c1-19-9-4-2-8(3-5-9)6-7-16-12(18)14-11(17)10(13)15-16/h2-5H,6-7H2,1H3,(H,14,17,18). The number of halogens is 1. The fourth-order valence-electron chi connectivity index (χ4n) is 1.59. The lowest BCUT2D eigenvalue weighted by Crippen LogP contribution is -2.33. The summed E-state index contributed by atoms with van der Waals surface area (Å²) >= 11 is 2.99. The lowest BCUT2D eigenvalue weighted by molar-refractivity contribution is 0.414. The Morgan fingerprint density at radius 2 is 2.00 bits per heavy atom. The number of nitrogens with zero attached hydrogens (tertiary/aromatic N) is 2. The first-order chi connectivity index (χ1) is 9.10. The van der Waals surface area contributed by atoms with E-state index in [1.165, 1.54) is 4.68 Å². The first-order valence-electron chi connectivity index (χ1n) is 5.60. The minimum Gasteiger partial charge on any atom is -0.497 e. The average molecular weight is 326 g/mol. The number of methoxy groups -OCH3 is 1. The summed E-state index contributed by atoms with van der Waals surface area (Å²) in [4.78, 5) is 24.8. The van der Waals surface area contributed by atoms with Gasteiger partial charge in [0.1, 0.15) is 5.75 Å². The summed E-state index contributed by atoms with van der Waals surface area (Å²) in [6.07, 6.45) is 0.634. The van der Waals surface area contributed by atoms with Crippen molar-refractivity contribution in [2.24, 2.45) is 0 Å². The molecule has 1 heterocycles. The van der Waals surface area contributed by atoms with E-state index in [1.807, 2.05) is 24.3 Å². The van der Waals surface area contributed by atoms with Gasteiger partial charge in [0.15, 0.2) is 4.60 Å². The molecular formula is C12H12BrN3O3. The molecule has 0 fully saturated rings. The first kappa shape index (κ1) is 13.5. The zero-order valence-corrected chi connectivity index (χ0v) is 11.8. The van der Waals surface area contributed by atoms with Gasteiger partial charge in [-0.15, -0.1) is 0 Å². The van der Waals surface area contributed by atoms with Crippen molar-refractivity contribution in [1.82, 2.24) is 14.8 Å². The maximum Gasteiger partial charge on any atom is 0.344 e. The molecule has 1 N–H and O–H groups in total. The Hall–Kier alpha value is -1.89. The van der Waals surface area contributed by atoms with Crippen LogP contribution in [0, 0.1) is 0 Å². The number of nitrogens with one attached hydrogen (secondary N) is 1. The Morgan fingerprint density at radius 1 is 1.32 bits per heavy atom. The number of aromatic amines is 1. The van der Waals surface area contributed by atoms with Gasteiger partial charge >= 0.3 is 5.69 Å². The number of benzene rings is 1. The Bertz CT molecular complexity index is 676. The summed E-state index contributed by atoms with van der Waals surface area (Å²) in [5.74, 6) is 0.783. The van der Waals surface area contributed by atoms with Gasteiger partial charge in [-0.1, -0.05) is 12.1 Å². The molecule has 0 aliphatic rings. The predicted molar refractivity (Wildman–Crippen MR) is 73.5 cm³/mol. The van der Waals surface area contributed by atoms with E-state index in [0.717, 1.165) is 11.3 Å². The van der Waals surface area contributed by atoms with Gasteiger partial charge in [0, 0.05) is 0 Å². The Balaban J connectivity index is 2.12. The van der Waals surface area contributed by atoms with Gasteiger partial charge in [0.25, 0.3) is 5.56 Å². The first-order valence-corrected chi connectivity index (χ1v) is 6.39. The van der Waals surface area contributed by atoms with Crippen molar-refractivity contribution in [1.29, 1.82) is 0 Å². The molecular weight excluding hydrogens is 314 g/mol. The molecule has 19 heavy (non-hydrogen) atoms. The van der Waals surface area contributed by atoms with Gasteiger partial charge in [0.2, 0.25) is 0 Å². The highest BCUT2D eigenvalue weighted by atomic mass is 79.9. The third-order valence-corrected chi connectivity index (χ3v) is 3.14. The van der Waals surface area contributed by atoms with Crippen LogP contribution < -0.4 is 16.0 Å². The maximum atomic E-state index is 11.5. The second kappa shape index (κ2) is 5.83. The van der Waals surface area contributed by atoms with E-state index in [-0.39, 0.29) is 4.60 Å². The number of H-pyrrole nitrogens is 1. The van der Waals surface area contributed by atoms with Crippen LogP contribution in [-0.2, 0) is 13.0 Å². The summed E-state index contributed by atoms with van der Waals surface area (Å²) in [5.41, 5.74) is 0.0178. The topological polar surface area (TPSA) is 77.0 Å². The third-order valence-electron chi connectivity index (χ3n) is 2.62. The van der Waals surface area contributed by atoms with Gasteiger partial charge in [-0.05, 0) is 40.0 Å². The molecule has 6 nitrogen and oxygen atoms in total. The molecule has 0 radical (unpaired) electrons. The zero-order chi connectivity index (χ0) is 13.8. The Kier molecular flexibility index (Phi) is 4.16. The monoisotopic (exact) mass is 325 g/mol. The quantitative estimate of drug-likeness (QED) is 0.907. The molecule has 0 spiro atoms. The molecule has 2 aromatic rings. The van der Waals surface area contributed by atoms with Crippen molar-refractivity contribution in [3.63, 3.8) is 0 Å². The molecule has 2 rings (SSSR count). The highest BCUT2D eigenvalue weighted by Crippen LogP contribution is 2.11.